The number of pyridine rings is 1. The van der Waals surface area contributed by atoms with Crippen LogP contribution in [-0.4, -0.2) is 20.0 Å². The lowest BCUT2D eigenvalue weighted by molar-refractivity contribution is 0.482. The van der Waals surface area contributed by atoms with Crippen molar-refractivity contribution in [3.63, 3.8) is 0 Å². The van der Waals surface area contributed by atoms with Crippen LogP contribution in [0.3, 0.4) is 0 Å². The van der Waals surface area contributed by atoms with Crippen LogP contribution >= 0.6 is 24.0 Å². The summed E-state index contributed by atoms with van der Waals surface area (Å²) in [6, 6.07) is 15.6. The van der Waals surface area contributed by atoms with Gasteiger partial charge in [-0.3, -0.25) is 9.78 Å². The van der Waals surface area contributed by atoms with Crippen LogP contribution in [0.25, 0.3) is 10.9 Å². The molecule has 1 unspecified atom stereocenters. The van der Waals surface area contributed by atoms with Crippen molar-refractivity contribution in [3.8, 4) is 11.5 Å². The van der Waals surface area contributed by atoms with E-state index in [1.807, 2.05) is 19.1 Å². The van der Waals surface area contributed by atoms with Crippen molar-refractivity contribution in [3.05, 3.63) is 87.9 Å². The highest BCUT2D eigenvalue weighted by atomic mass is 35.5. The monoisotopic (exact) mass is 414 g/mol. The van der Waals surface area contributed by atoms with Crippen molar-refractivity contribution in [1.29, 1.82) is 0 Å². The zero-order valence-corrected chi connectivity index (χ0v) is 16.4. The number of ether oxygens (including phenoxy) is 1. The lowest BCUT2D eigenvalue weighted by atomic mass is 10.1. The fourth-order valence-corrected chi connectivity index (χ4v) is 2.88. The van der Waals surface area contributed by atoms with Crippen molar-refractivity contribution in [1.82, 2.24) is 20.0 Å². The Morgan fingerprint density at radius 1 is 1.07 bits per heavy atom. The zero-order valence-electron chi connectivity index (χ0n) is 14.8. The first kappa shape index (κ1) is 19.8. The Kier molecular flexibility index (Phi) is 5.92. The maximum Gasteiger partial charge on any atom is 0.278 e. The van der Waals surface area contributed by atoms with Gasteiger partial charge in [0, 0.05) is 17.4 Å². The molecule has 0 amide bonds. The van der Waals surface area contributed by atoms with Gasteiger partial charge in [-0.2, -0.15) is 0 Å². The van der Waals surface area contributed by atoms with Crippen molar-refractivity contribution < 1.29 is 4.74 Å². The van der Waals surface area contributed by atoms with Crippen molar-refractivity contribution in [2.75, 3.05) is 0 Å². The predicted molar refractivity (Wildman–Crippen MR) is 111 cm³/mol. The highest BCUT2D eigenvalue weighted by molar-refractivity contribution is 6.30. The Morgan fingerprint density at radius 3 is 2.54 bits per heavy atom. The van der Waals surface area contributed by atoms with Gasteiger partial charge in [0.05, 0.1) is 11.4 Å². The molecule has 2 aromatic carbocycles. The van der Waals surface area contributed by atoms with E-state index in [9.17, 15) is 4.79 Å². The lowest BCUT2D eigenvalue weighted by Crippen LogP contribution is -2.27. The Labute approximate surface area is 172 Å². The molecule has 0 aliphatic rings. The van der Waals surface area contributed by atoms with Crippen LogP contribution in [-0.2, 0) is 0 Å². The Hall–Kier alpha value is -2.96. The Balaban J connectivity index is 0.00000225. The maximum atomic E-state index is 13.0. The summed E-state index contributed by atoms with van der Waals surface area (Å²) < 4.78 is 7.17. The minimum atomic E-state index is -0.288. The molecule has 0 N–H and O–H groups in total. The fourth-order valence-electron chi connectivity index (χ4n) is 2.75. The summed E-state index contributed by atoms with van der Waals surface area (Å²) in [6.07, 6.45) is 3.40. The first-order chi connectivity index (χ1) is 13.1. The van der Waals surface area contributed by atoms with Crippen molar-refractivity contribution >= 4 is 34.9 Å². The molecule has 6 nitrogen and oxygen atoms in total. The number of hydrogen-bond acceptors (Lipinski definition) is 5. The largest absolute Gasteiger partial charge is 0.457 e. The van der Waals surface area contributed by atoms with E-state index in [2.05, 4.69) is 15.3 Å². The Bertz CT molecular complexity index is 1150. The molecule has 1 atom stereocenters. The van der Waals surface area contributed by atoms with E-state index in [0.29, 0.717) is 27.4 Å². The number of hydrogen-bond donors (Lipinski definition) is 0. The third-order valence-corrected chi connectivity index (χ3v) is 4.49. The lowest BCUT2D eigenvalue weighted by Gasteiger charge is -2.13. The van der Waals surface area contributed by atoms with Crippen molar-refractivity contribution in [2.24, 2.45) is 0 Å². The number of aromatic nitrogens is 4. The van der Waals surface area contributed by atoms with Crippen LogP contribution in [0.5, 0.6) is 11.5 Å². The molecule has 0 spiro atoms. The number of benzene rings is 2. The summed E-state index contributed by atoms with van der Waals surface area (Å²) in [5.41, 5.74) is 1.15. The third kappa shape index (κ3) is 3.98. The second-order valence-corrected chi connectivity index (χ2v) is 6.47. The van der Waals surface area contributed by atoms with E-state index in [-0.39, 0.29) is 24.0 Å². The molecule has 4 aromatic rings. The summed E-state index contributed by atoms with van der Waals surface area (Å²) in [5.74, 6) is 1.17. The standard InChI is InChI=1S/C20H15ClN4O2.ClH/c1-13(14-3-2-10-22-12-14)25-20(26)18-11-17(8-9-19(18)23-24-25)27-16-6-4-15(21)5-7-16;/h2-13H,1H3;1H. The van der Waals surface area contributed by atoms with E-state index in [0.717, 1.165) is 5.56 Å². The third-order valence-electron chi connectivity index (χ3n) is 4.24. The van der Waals surface area contributed by atoms with Crippen LogP contribution in [0.1, 0.15) is 18.5 Å². The topological polar surface area (TPSA) is 69.9 Å². The maximum absolute atomic E-state index is 13.0. The quantitative estimate of drug-likeness (QED) is 0.485. The van der Waals surface area contributed by atoms with E-state index in [1.54, 1.807) is 54.9 Å². The first-order valence-corrected chi connectivity index (χ1v) is 8.72. The van der Waals surface area contributed by atoms with E-state index >= 15 is 0 Å². The Morgan fingerprint density at radius 2 is 1.82 bits per heavy atom. The molecule has 142 valence electrons. The number of nitrogens with zero attached hydrogens (tertiary/aromatic N) is 4. The van der Waals surface area contributed by atoms with Gasteiger partial charge in [-0.15, -0.1) is 17.5 Å². The first-order valence-electron chi connectivity index (χ1n) is 8.34. The highest BCUT2D eigenvalue weighted by Gasteiger charge is 2.14. The molecular weight excluding hydrogens is 399 g/mol. The van der Waals surface area contributed by atoms with Gasteiger partial charge in [-0.25, -0.2) is 4.68 Å². The second-order valence-electron chi connectivity index (χ2n) is 6.04. The molecular formula is C20H16Cl2N4O2. The SMILES string of the molecule is CC(c1cccnc1)n1nnc2ccc(Oc3ccc(Cl)cc3)cc2c1=O.Cl. The smallest absolute Gasteiger partial charge is 0.278 e. The predicted octanol–water partition coefficient (Wildman–Crippen LogP) is 4.66. The van der Waals surface area contributed by atoms with Gasteiger partial charge in [-0.1, -0.05) is 22.9 Å². The molecule has 0 fully saturated rings. The minimum absolute atomic E-state index is 0. The van der Waals surface area contributed by atoms with E-state index < -0.39 is 0 Å². The molecule has 0 saturated heterocycles. The average molecular weight is 415 g/mol. The summed E-state index contributed by atoms with van der Waals surface area (Å²) in [5, 5.41) is 9.31. The van der Waals surface area contributed by atoms with Gasteiger partial charge >= 0.3 is 0 Å². The van der Waals surface area contributed by atoms with E-state index in [1.165, 1.54) is 4.68 Å². The zero-order chi connectivity index (χ0) is 18.8. The summed E-state index contributed by atoms with van der Waals surface area (Å²) >= 11 is 5.89. The van der Waals surface area contributed by atoms with Crippen LogP contribution in [0.4, 0.5) is 0 Å². The number of fused-ring (bicyclic) bond motifs is 1. The minimum Gasteiger partial charge on any atom is -0.457 e. The van der Waals surface area contributed by atoms with Gasteiger partial charge in [0.25, 0.3) is 5.56 Å². The van der Waals surface area contributed by atoms with Gasteiger partial charge < -0.3 is 4.74 Å². The van der Waals surface area contributed by atoms with E-state index in [4.69, 9.17) is 16.3 Å². The molecule has 2 aromatic heterocycles. The molecule has 2 heterocycles. The molecule has 0 saturated carbocycles. The molecule has 0 bridgehead atoms. The highest BCUT2D eigenvalue weighted by Crippen LogP contribution is 2.25. The fraction of sp³-hybridized carbons (Fsp3) is 0.100. The van der Waals surface area contributed by atoms with Crippen LogP contribution < -0.4 is 10.3 Å². The van der Waals surface area contributed by atoms with Crippen molar-refractivity contribution in [2.45, 2.75) is 13.0 Å². The molecule has 0 aliphatic heterocycles. The van der Waals surface area contributed by atoms with Gasteiger partial charge in [0.1, 0.15) is 17.0 Å². The molecule has 0 aliphatic carbocycles. The molecule has 4 rings (SSSR count). The molecule has 0 radical (unpaired) electrons. The summed E-state index contributed by atoms with van der Waals surface area (Å²) in [6.45, 7) is 1.88. The van der Waals surface area contributed by atoms with Gasteiger partial charge in [0.2, 0.25) is 0 Å². The second kappa shape index (κ2) is 8.37. The van der Waals surface area contributed by atoms with Gasteiger partial charge in [0.15, 0.2) is 0 Å². The average Bonchev–Trinajstić information content (AvgIpc) is 2.71. The number of rotatable bonds is 4. The normalized spacial score (nSPS) is 11.6. The summed E-state index contributed by atoms with van der Waals surface area (Å²) in [7, 11) is 0. The molecule has 8 heteroatoms. The summed E-state index contributed by atoms with van der Waals surface area (Å²) in [4.78, 5) is 17.1. The molecule has 28 heavy (non-hydrogen) atoms. The van der Waals surface area contributed by atoms with Crippen LogP contribution in [0.2, 0.25) is 5.02 Å². The van der Waals surface area contributed by atoms with Crippen LogP contribution in [0, 0.1) is 0 Å². The van der Waals surface area contributed by atoms with Gasteiger partial charge in [-0.05, 0) is 61.0 Å². The number of halogens is 2. The van der Waals surface area contributed by atoms with Crippen LogP contribution in [0.15, 0.2) is 71.8 Å².